The Morgan fingerprint density at radius 2 is 2.14 bits per heavy atom. The van der Waals surface area contributed by atoms with E-state index in [4.69, 9.17) is 13.9 Å². The topological polar surface area (TPSA) is 60.7 Å². The zero-order chi connectivity index (χ0) is 14.7. The Hall–Kier alpha value is -2.43. The summed E-state index contributed by atoms with van der Waals surface area (Å²) in [5.74, 6) is 1.11. The maximum absolute atomic E-state index is 12.2. The third-order valence-corrected chi connectivity index (χ3v) is 3.31. The molecule has 1 N–H and O–H groups in total. The molecule has 1 aliphatic rings. The average Bonchev–Trinajstić information content (AvgIpc) is 2.99. The van der Waals surface area contributed by atoms with Gasteiger partial charge in [0.25, 0.3) is 5.91 Å². The summed E-state index contributed by atoms with van der Waals surface area (Å²) >= 11 is 0. The van der Waals surface area contributed by atoms with E-state index in [1.807, 2.05) is 31.2 Å². The minimum atomic E-state index is -0.619. The van der Waals surface area contributed by atoms with Gasteiger partial charge in [-0.1, -0.05) is 12.1 Å². The lowest BCUT2D eigenvalue weighted by Crippen LogP contribution is -2.47. The van der Waals surface area contributed by atoms with Crippen LogP contribution in [0.5, 0.6) is 11.5 Å². The van der Waals surface area contributed by atoms with Crippen molar-refractivity contribution in [3.8, 4) is 11.5 Å². The average molecular weight is 287 g/mol. The smallest absolute Gasteiger partial charge is 0.264 e. The van der Waals surface area contributed by atoms with Gasteiger partial charge in [0.15, 0.2) is 11.5 Å². The lowest BCUT2D eigenvalue weighted by Gasteiger charge is -2.26. The first-order valence-electron chi connectivity index (χ1n) is 6.92. The van der Waals surface area contributed by atoms with Crippen LogP contribution < -0.4 is 14.8 Å². The highest BCUT2D eigenvalue weighted by Gasteiger charge is 2.27. The van der Waals surface area contributed by atoms with Crippen LogP contribution >= 0.6 is 0 Å². The lowest BCUT2D eigenvalue weighted by molar-refractivity contribution is -0.130. The molecule has 2 atom stereocenters. The Morgan fingerprint density at radius 1 is 1.33 bits per heavy atom. The number of para-hydroxylation sites is 2. The summed E-state index contributed by atoms with van der Waals surface area (Å²) in [5, 5.41) is 2.93. The Kier molecular flexibility index (Phi) is 3.81. The van der Waals surface area contributed by atoms with E-state index in [1.165, 1.54) is 0 Å². The standard InChI is InChI=1S/C16H17NO4/c1-11(8-12-6-7-19-9-12)17-16(18)15-10-20-13-4-2-3-5-14(13)21-15/h2-7,9,11,15H,8,10H2,1H3,(H,17,18)/t11-,15-/m1/s1. The van der Waals surface area contributed by atoms with E-state index < -0.39 is 6.10 Å². The SMILES string of the molecule is C[C@H](Cc1ccoc1)NC(=O)[C@H]1COc2ccccc2O1. The molecular weight excluding hydrogens is 270 g/mol. The van der Waals surface area contributed by atoms with Crippen LogP contribution in [0.4, 0.5) is 0 Å². The van der Waals surface area contributed by atoms with Gasteiger partial charge in [0, 0.05) is 6.04 Å². The van der Waals surface area contributed by atoms with Gasteiger partial charge in [-0.3, -0.25) is 4.79 Å². The van der Waals surface area contributed by atoms with E-state index in [1.54, 1.807) is 18.6 Å². The number of rotatable bonds is 4. The van der Waals surface area contributed by atoms with Crippen molar-refractivity contribution in [2.24, 2.45) is 0 Å². The van der Waals surface area contributed by atoms with Crippen LogP contribution in [0, 0.1) is 0 Å². The molecule has 5 nitrogen and oxygen atoms in total. The largest absolute Gasteiger partial charge is 0.485 e. The maximum Gasteiger partial charge on any atom is 0.264 e. The number of fused-ring (bicyclic) bond motifs is 1. The van der Waals surface area contributed by atoms with Crippen molar-refractivity contribution in [2.45, 2.75) is 25.5 Å². The van der Waals surface area contributed by atoms with Crippen LogP contribution in [-0.2, 0) is 11.2 Å². The molecule has 0 aliphatic carbocycles. The molecule has 110 valence electrons. The fourth-order valence-corrected chi connectivity index (χ4v) is 2.30. The molecule has 0 saturated heterocycles. The summed E-state index contributed by atoms with van der Waals surface area (Å²) in [7, 11) is 0. The predicted octanol–water partition coefficient (Wildman–Crippen LogP) is 2.17. The zero-order valence-electron chi connectivity index (χ0n) is 11.7. The number of furan rings is 1. The Balaban J connectivity index is 1.56. The van der Waals surface area contributed by atoms with Gasteiger partial charge in [0.1, 0.15) is 6.61 Å². The Bertz CT molecular complexity index is 608. The first-order valence-corrected chi connectivity index (χ1v) is 6.92. The normalized spacial score (nSPS) is 18.0. The van der Waals surface area contributed by atoms with Crippen LogP contribution in [0.15, 0.2) is 47.3 Å². The summed E-state index contributed by atoms with van der Waals surface area (Å²) in [4.78, 5) is 12.2. The van der Waals surface area contributed by atoms with Crippen molar-refractivity contribution in [1.29, 1.82) is 0 Å². The summed E-state index contributed by atoms with van der Waals surface area (Å²) < 4.78 is 16.2. The number of carbonyl (C=O) groups is 1. The molecule has 0 unspecified atom stereocenters. The van der Waals surface area contributed by atoms with Crippen molar-refractivity contribution >= 4 is 5.91 Å². The number of hydrogen-bond donors (Lipinski definition) is 1. The third-order valence-electron chi connectivity index (χ3n) is 3.31. The van der Waals surface area contributed by atoms with Crippen molar-refractivity contribution in [1.82, 2.24) is 5.32 Å². The minimum absolute atomic E-state index is 0.00382. The molecule has 0 bridgehead atoms. The minimum Gasteiger partial charge on any atom is -0.485 e. The summed E-state index contributed by atoms with van der Waals surface area (Å²) in [5.41, 5.74) is 1.05. The van der Waals surface area contributed by atoms with Crippen molar-refractivity contribution in [3.05, 3.63) is 48.4 Å². The molecule has 2 aromatic rings. The summed E-state index contributed by atoms with van der Waals surface area (Å²) in [6, 6.07) is 9.23. The first kappa shape index (κ1) is 13.5. The quantitative estimate of drug-likeness (QED) is 0.936. The highest BCUT2D eigenvalue weighted by molar-refractivity contribution is 5.82. The van der Waals surface area contributed by atoms with E-state index in [0.29, 0.717) is 17.9 Å². The number of benzene rings is 1. The van der Waals surface area contributed by atoms with E-state index in [0.717, 1.165) is 5.56 Å². The van der Waals surface area contributed by atoms with E-state index in [-0.39, 0.29) is 18.6 Å². The fraction of sp³-hybridized carbons (Fsp3) is 0.312. The van der Waals surface area contributed by atoms with Crippen LogP contribution in [-0.4, -0.2) is 24.7 Å². The van der Waals surface area contributed by atoms with Gasteiger partial charge in [-0.15, -0.1) is 0 Å². The summed E-state index contributed by atoms with van der Waals surface area (Å²) in [6.45, 7) is 2.17. The first-order chi connectivity index (χ1) is 10.2. The number of nitrogens with one attached hydrogen (secondary N) is 1. The molecule has 5 heteroatoms. The molecule has 1 amide bonds. The van der Waals surface area contributed by atoms with E-state index in [9.17, 15) is 4.79 Å². The third kappa shape index (κ3) is 3.18. The van der Waals surface area contributed by atoms with E-state index in [2.05, 4.69) is 5.32 Å². The number of hydrogen-bond acceptors (Lipinski definition) is 4. The highest BCUT2D eigenvalue weighted by atomic mass is 16.6. The molecule has 21 heavy (non-hydrogen) atoms. The predicted molar refractivity (Wildman–Crippen MR) is 76.4 cm³/mol. The molecule has 0 saturated carbocycles. The second-order valence-corrected chi connectivity index (χ2v) is 5.11. The van der Waals surface area contributed by atoms with Gasteiger partial charge < -0.3 is 19.2 Å². The highest BCUT2D eigenvalue weighted by Crippen LogP contribution is 2.30. The molecule has 2 heterocycles. The van der Waals surface area contributed by atoms with Gasteiger partial charge in [-0.2, -0.15) is 0 Å². The van der Waals surface area contributed by atoms with Gasteiger partial charge in [0.2, 0.25) is 6.10 Å². The monoisotopic (exact) mass is 287 g/mol. The maximum atomic E-state index is 12.2. The van der Waals surface area contributed by atoms with Crippen LogP contribution in [0.25, 0.3) is 0 Å². The molecule has 0 fully saturated rings. The summed E-state index contributed by atoms with van der Waals surface area (Å²) in [6.07, 6.45) is 3.40. The van der Waals surface area contributed by atoms with Crippen molar-refractivity contribution in [3.63, 3.8) is 0 Å². The number of carbonyl (C=O) groups excluding carboxylic acids is 1. The molecule has 0 radical (unpaired) electrons. The van der Waals surface area contributed by atoms with Crippen LogP contribution in [0.3, 0.4) is 0 Å². The second-order valence-electron chi connectivity index (χ2n) is 5.11. The Labute approximate surface area is 122 Å². The Morgan fingerprint density at radius 3 is 2.90 bits per heavy atom. The number of ether oxygens (including phenoxy) is 2. The molecule has 1 aliphatic heterocycles. The van der Waals surface area contributed by atoms with Gasteiger partial charge >= 0.3 is 0 Å². The van der Waals surface area contributed by atoms with Crippen LogP contribution in [0.1, 0.15) is 12.5 Å². The fourth-order valence-electron chi connectivity index (χ4n) is 2.30. The van der Waals surface area contributed by atoms with Crippen molar-refractivity contribution < 1.29 is 18.7 Å². The molecule has 1 aromatic heterocycles. The second kappa shape index (κ2) is 5.91. The zero-order valence-corrected chi connectivity index (χ0v) is 11.7. The molecular formula is C16H17NO4. The van der Waals surface area contributed by atoms with E-state index >= 15 is 0 Å². The molecule has 0 spiro atoms. The molecule has 3 rings (SSSR count). The van der Waals surface area contributed by atoms with Crippen LogP contribution in [0.2, 0.25) is 0 Å². The molecule has 1 aromatic carbocycles. The lowest BCUT2D eigenvalue weighted by atomic mass is 10.1. The van der Waals surface area contributed by atoms with Gasteiger partial charge in [0.05, 0.1) is 12.5 Å². The van der Waals surface area contributed by atoms with Gasteiger partial charge in [-0.25, -0.2) is 0 Å². The number of amides is 1. The van der Waals surface area contributed by atoms with Crippen molar-refractivity contribution in [2.75, 3.05) is 6.61 Å². The van der Waals surface area contributed by atoms with Gasteiger partial charge in [-0.05, 0) is 37.1 Å².